The fourth-order valence-corrected chi connectivity index (χ4v) is 1.72. The van der Waals surface area contributed by atoms with Gasteiger partial charge in [0.1, 0.15) is 0 Å². The number of rotatable bonds is 6. The van der Waals surface area contributed by atoms with Crippen LogP contribution in [0.3, 0.4) is 0 Å². The molecule has 1 aromatic carbocycles. The number of hydrogen-bond acceptors (Lipinski definition) is 2. The second kappa shape index (κ2) is 7.87. The lowest BCUT2D eigenvalue weighted by Gasteiger charge is -2.06. The third-order valence-corrected chi connectivity index (χ3v) is 2.76. The molecule has 1 rings (SSSR count). The normalized spacial score (nSPS) is 9.89. The maximum Gasteiger partial charge on any atom is 0.251 e. The molecule has 0 aromatic heterocycles. The Bertz CT molecular complexity index is 404. The van der Waals surface area contributed by atoms with Crippen LogP contribution in [0.5, 0.6) is 0 Å². The summed E-state index contributed by atoms with van der Waals surface area (Å²) in [7, 11) is 0. The number of halogens is 1. The topological polar surface area (TPSA) is 58.2 Å². The second-order valence-electron chi connectivity index (χ2n) is 3.91. The van der Waals surface area contributed by atoms with Gasteiger partial charge >= 0.3 is 0 Å². The van der Waals surface area contributed by atoms with Crippen molar-refractivity contribution in [2.75, 3.05) is 18.4 Å². The highest BCUT2D eigenvalue weighted by Gasteiger charge is 2.04. The monoisotopic (exact) mass is 312 g/mol. The Morgan fingerprint density at radius 1 is 1.11 bits per heavy atom. The van der Waals surface area contributed by atoms with Crippen molar-refractivity contribution in [2.24, 2.45) is 0 Å². The zero-order valence-corrected chi connectivity index (χ0v) is 11.9. The van der Waals surface area contributed by atoms with Crippen molar-refractivity contribution in [1.82, 2.24) is 10.6 Å². The van der Waals surface area contributed by atoms with Crippen LogP contribution in [0.25, 0.3) is 0 Å². The number of hydrogen-bond donors (Lipinski definition) is 2. The first-order chi connectivity index (χ1) is 8.63. The average molecular weight is 313 g/mol. The number of alkyl halides is 1. The van der Waals surface area contributed by atoms with Crippen molar-refractivity contribution < 1.29 is 9.59 Å². The van der Waals surface area contributed by atoms with E-state index in [9.17, 15) is 9.59 Å². The fourth-order valence-electron chi connectivity index (χ4n) is 1.36. The van der Waals surface area contributed by atoms with Gasteiger partial charge in [-0.1, -0.05) is 33.6 Å². The number of amides is 2. The highest BCUT2D eigenvalue weighted by molar-refractivity contribution is 9.09. The Morgan fingerprint density at radius 2 is 1.72 bits per heavy atom. The van der Waals surface area contributed by atoms with Crippen LogP contribution in [0.2, 0.25) is 0 Å². The van der Waals surface area contributed by atoms with Gasteiger partial charge in [0.2, 0.25) is 5.91 Å². The minimum atomic E-state index is -0.121. The van der Waals surface area contributed by atoms with Crippen LogP contribution in [-0.4, -0.2) is 30.2 Å². The third-order valence-electron chi connectivity index (χ3n) is 2.37. The van der Waals surface area contributed by atoms with Crippen molar-refractivity contribution >= 4 is 27.7 Å². The predicted octanol–water partition coefficient (Wildman–Crippen LogP) is 1.63. The second-order valence-corrected chi connectivity index (χ2v) is 4.70. The molecule has 0 aliphatic carbocycles. The molecule has 0 spiro atoms. The summed E-state index contributed by atoms with van der Waals surface area (Å²) in [4.78, 5) is 22.8. The largest absolute Gasteiger partial charge is 0.354 e. The summed E-state index contributed by atoms with van der Waals surface area (Å²) < 4.78 is 0. The molecule has 4 nitrogen and oxygen atoms in total. The van der Waals surface area contributed by atoms with Crippen molar-refractivity contribution in [3.8, 4) is 0 Å². The van der Waals surface area contributed by atoms with E-state index in [0.29, 0.717) is 30.4 Å². The zero-order valence-electron chi connectivity index (χ0n) is 10.3. The van der Waals surface area contributed by atoms with Gasteiger partial charge in [0.25, 0.3) is 5.91 Å². The van der Waals surface area contributed by atoms with E-state index < -0.39 is 0 Å². The van der Waals surface area contributed by atoms with Crippen molar-refractivity contribution in [3.63, 3.8) is 0 Å². The number of aryl methyl sites for hydroxylation is 1. The molecule has 0 aliphatic rings. The van der Waals surface area contributed by atoms with Crippen LogP contribution >= 0.6 is 15.9 Å². The summed E-state index contributed by atoms with van der Waals surface area (Å²) in [5.41, 5.74) is 1.75. The van der Waals surface area contributed by atoms with Crippen molar-refractivity contribution in [2.45, 2.75) is 13.3 Å². The first kappa shape index (κ1) is 14.7. The van der Waals surface area contributed by atoms with Gasteiger partial charge in [-0.05, 0) is 19.1 Å². The van der Waals surface area contributed by atoms with Crippen LogP contribution in [-0.2, 0) is 4.79 Å². The molecule has 5 heteroatoms. The van der Waals surface area contributed by atoms with Crippen LogP contribution in [0.4, 0.5) is 0 Å². The minimum absolute atomic E-state index is 0.0172. The maximum absolute atomic E-state index is 11.7. The van der Waals surface area contributed by atoms with E-state index in [0.717, 1.165) is 5.56 Å². The summed E-state index contributed by atoms with van der Waals surface area (Å²) in [6.07, 6.45) is 0.450. The summed E-state index contributed by atoms with van der Waals surface area (Å²) in [6.45, 7) is 2.85. The molecule has 18 heavy (non-hydrogen) atoms. The van der Waals surface area contributed by atoms with E-state index in [2.05, 4.69) is 26.6 Å². The molecule has 1 aromatic rings. The Balaban J connectivity index is 2.25. The van der Waals surface area contributed by atoms with E-state index in [4.69, 9.17) is 0 Å². The summed E-state index contributed by atoms with van der Waals surface area (Å²) in [5, 5.41) is 6.11. The van der Waals surface area contributed by atoms with Gasteiger partial charge in [-0.25, -0.2) is 0 Å². The molecule has 0 heterocycles. The quantitative estimate of drug-likeness (QED) is 0.619. The molecule has 2 amide bonds. The predicted molar refractivity (Wildman–Crippen MR) is 74.9 cm³/mol. The Hall–Kier alpha value is -1.36. The molecule has 0 saturated carbocycles. The molecular formula is C13H17BrN2O2. The standard InChI is InChI=1S/C13H17BrN2O2/c1-10-2-4-11(5-3-10)13(18)16-9-8-15-12(17)6-7-14/h2-5H,6-9H2,1H3,(H,15,17)(H,16,18). The summed E-state index contributed by atoms with van der Waals surface area (Å²) in [5.74, 6) is -0.138. The molecule has 0 unspecified atom stereocenters. The Kier molecular flexibility index (Phi) is 6.43. The third kappa shape index (κ3) is 5.31. The summed E-state index contributed by atoms with van der Waals surface area (Å²) >= 11 is 3.19. The summed E-state index contributed by atoms with van der Waals surface area (Å²) in [6, 6.07) is 7.36. The van der Waals surface area contributed by atoms with Gasteiger partial charge < -0.3 is 10.6 Å². The molecule has 0 fully saturated rings. The van der Waals surface area contributed by atoms with Gasteiger partial charge in [-0.3, -0.25) is 9.59 Å². The molecular weight excluding hydrogens is 296 g/mol. The van der Waals surface area contributed by atoms with Crippen molar-refractivity contribution in [3.05, 3.63) is 35.4 Å². The molecule has 0 aliphatic heterocycles. The van der Waals surface area contributed by atoms with Gasteiger partial charge in [-0.2, -0.15) is 0 Å². The zero-order chi connectivity index (χ0) is 13.4. The fraction of sp³-hybridized carbons (Fsp3) is 0.385. The van der Waals surface area contributed by atoms with Crippen molar-refractivity contribution in [1.29, 1.82) is 0 Å². The van der Waals surface area contributed by atoms with Gasteiger partial charge in [0.05, 0.1) is 0 Å². The van der Waals surface area contributed by atoms with E-state index in [1.165, 1.54) is 0 Å². The van der Waals surface area contributed by atoms with E-state index >= 15 is 0 Å². The molecule has 0 bridgehead atoms. The minimum Gasteiger partial charge on any atom is -0.354 e. The van der Waals surface area contributed by atoms with Gasteiger partial charge in [0.15, 0.2) is 0 Å². The lowest BCUT2D eigenvalue weighted by molar-refractivity contribution is -0.120. The molecule has 0 saturated heterocycles. The van der Waals surface area contributed by atoms with E-state index in [1.54, 1.807) is 12.1 Å². The smallest absolute Gasteiger partial charge is 0.251 e. The van der Waals surface area contributed by atoms with E-state index in [-0.39, 0.29) is 11.8 Å². The number of carbonyl (C=O) groups excluding carboxylic acids is 2. The molecule has 2 N–H and O–H groups in total. The maximum atomic E-state index is 11.7. The highest BCUT2D eigenvalue weighted by Crippen LogP contribution is 2.02. The van der Waals surface area contributed by atoms with Crippen LogP contribution in [0, 0.1) is 6.92 Å². The van der Waals surface area contributed by atoms with Crippen LogP contribution < -0.4 is 10.6 Å². The Morgan fingerprint density at radius 3 is 2.33 bits per heavy atom. The van der Waals surface area contributed by atoms with Gasteiger partial charge in [0, 0.05) is 30.4 Å². The number of carbonyl (C=O) groups is 2. The molecule has 0 atom stereocenters. The van der Waals surface area contributed by atoms with Gasteiger partial charge in [-0.15, -0.1) is 0 Å². The molecule has 98 valence electrons. The first-order valence-corrected chi connectivity index (χ1v) is 6.93. The Labute approximate surface area is 115 Å². The SMILES string of the molecule is Cc1ccc(C(=O)NCCNC(=O)CCBr)cc1. The lowest BCUT2D eigenvalue weighted by Crippen LogP contribution is -2.34. The highest BCUT2D eigenvalue weighted by atomic mass is 79.9. The molecule has 0 radical (unpaired) electrons. The van der Waals surface area contributed by atoms with E-state index in [1.807, 2.05) is 19.1 Å². The number of benzene rings is 1. The lowest BCUT2D eigenvalue weighted by atomic mass is 10.1. The number of nitrogens with one attached hydrogen (secondary N) is 2. The van der Waals surface area contributed by atoms with Crippen LogP contribution in [0.15, 0.2) is 24.3 Å². The van der Waals surface area contributed by atoms with Crippen LogP contribution in [0.1, 0.15) is 22.3 Å². The first-order valence-electron chi connectivity index (χ1n) is 5.81. The average Bonchev–Trinajstić information content (AvgIpc) is 2.35.